The van der Waals surface area contributed by atoms with Crippen molar-refractivity contribution in [1.82, 2.24) is 15.4 Å². The van der Waals surface area contributed by atoms with Crippen LogP contribution in [0.5, 0.6) is 0 Å². The summed E-state index contributed by atoms with van der Waals surface area (Å²) in [5.41, 5.74) is 4.74. The average molecular weight is 519 g/mol. The van der Waals surface area contributed by atoms with E-state index in [1.165, 1.54) is 35.7 Å². The van der Waals surface area contributed by atoms with E-state index in [9.17, 15) is 14.0 Å². The summed E-state index contributed by atoms with van der Waals surface area (Å²) in [5, 5.41) is 4.71. The monoisotopic (exact) mass is 518 g/mol. The zero-order valence-corrected chi connectivity index (χ0v) is 20.0. The Morgan fingerprint density at radius 1 is 1.08 bits per heavy atom. The number of aromatic nitrogens is 1. The molecule has 0 spiro atoms. The van der Waals surface area contributed by atoms with Crippen molar-refractivity contribution in [2.45, 2.75) is 6.04 Å². The molecular formula is C27H20ClFN4O4. The minimum Gasteiger partial charge on any atom is -0.467 e. The van der Waals surface area contributed by atoms with E-state index in [0.717, 1.165) is 5.56 Å². The molecule has 8 nitrogen and oxygen atoms in total. The predicted octanol–water partition coefficient (Wildman–Crippen LogP) is 5.50. The first-order valence-corrected chi connectivity index (χ1v) is 11.6. The molecule has 37 heavy (non-hydrogen) atoms. The van der Waals surface area contributed by atoms with Crippen molar-refractivity contribution < 1.29 is 23.1 Å². The van der Waals surface area contributed by atoms with Crippen molar-refractivity contribution in [2.24, 2.45) is 0 Å². The molecule has 1 aliphatic heterocycles. The molecule has 0 fully saturated rings. The first-order chi connectivity index (χ1) is 18.0. The Hall–Kier alpha value is -4.63. The molecule has 10 heteroatoms. The maximum absolute atomic E-state index is 14.1. The summed E-state index contributed by atoms with van der Waals surface area (Å²) < 4.78 is 24.9. The summed E-state index contributed by atoms with van der Waals surface area (Å²) in [6.07, 6.45) is 4.80. The molecule has 0 saturated carbocycles. The number of furan rings is 1. The van der Waals surface area contributed by atoms with Crippen LogP contribution in [0.3, 0.4) is 0 Å². The Bertz CT molecular complexity index is 1460. The number of carbonyl (C=O) groups excluding carboxylic acids is 2. The zero-order valence-electron chi connectivity index (χ0n) is 19.2. The van der Waals surface area contributed by atoms with Crippen molar-refractivity contribution in [3.05, 3.63) is 119 Å². The van der Waals surface area contributed by atoms with Crippen LogP contribution in [-0.4, -0.2) is 28.5 Å². The van der Waals surface area contributed by atoms with E-state index < -0.39 is 30.3 Å². The van der Waals surface area contributed by atoms with E-state index in [4.69, 9.17) is 20.8 Å². The topological polar surface area (TPSA) is 96.7 Å². The van der Waals surface area contributed by atoms with Gasteiger partial charge in [0, 0.05) is 11.2 Å². The van der Waals surface area contributed by atoms with Gasteiger partial charge in [-0.1, -0.05) is 35.9 Å². The van der Waals surface area contributed by atoms with Gasteiger partial charge in [-0.15, -0.1) is 0 Å². The molecule has 3 heterocycles. The lowest BCUT2D eigenvalue weighted by molar-refractivity contribution is -0.138. The molecule has 0 unspecified atom stereocenters. The number of nitrogens with zero attached hydrogens (tertiary/aromatic N) is 2. The molecule has 2 aromatic heterocycles. The van der Waals surface area contributed by atoms with Gasteiger partial charge in [-0.05, 0) is 60.2 Å². The molecular weight excluding hydrogens is 499 g/mol. The van der Waals surface area contributed by atoms with E-state index >= 15 is 0 Å². The van der Waals surface area contributed by atoms with Crippen LogP contribution in [0.25, 0.3) is 5.70 Å². The molecule has 186 valence electrons. The highest BCUT2D eigenvalue weighted by Crippen LogP contribution is 2.32. The molecule has 5 rings (SSSR count). The van der Waals surface area contributed by atoms with E-state index in [1.807, 2.05) is 18.2 Å². The van der Waals surface area contributed by atoms with Gasteiger partial charge in [0.15, 0.2) is 6.61 Å². The van der Waals surface area contributed by atoms with Crippen LogP contribution >= 0.6 is 11.6 Å². The summed E-state index contributed by atoms with van der Waals surface area (Å²) >= 11 is 6.00. The summed E-state index contributed by atoms with van der Waals surface area (Å²) in [5.74, 6) is -1.18. The molecule has 1 atom stereocenters. The number of benzene rings is 2. The summed E-state index contributed by atoms with van der Waals surface area (Å²) in [4.78, 5) is 30.1. The van der Waals surface area contributed by atoms with Gasteiger partial charge < -0.3 is 14.5 Å². The third-order valence-corrected chi connectivity index (χ3v) is 5.84. The number of ether oxygens (including phenoxy) is 1. The van der Waals surface area contributed by atoms with Crippen molar-refractivity contribution in [2.75, 3.05) is 11.9 Å². The maximum atomic E-state index is 14.1. The van der Waals surface area contributed by atoms with Crippen molar-refractivity contribution in [1.29, 1.82) is 0 Å². The van der Waals surface area contributed by atoms with Gasteiger partial charge >= 0.3 is 5.97 Å². The summed E-state index contributed by atoms with van der Waals surface area (Å²) in [6.45, 7) is -0.557. The van der Waals surface area contributed by atoms with Gasteiger partial charge in [0.1, 0.15) is 29.0 Å². The number of hydrazine groups is 1. The molecule has 0 saturated heterocycles. The van der Waals surface area contributed by atoms with Crippen molar-refractivity contribution in [3.63, 3.8) is 0 Å². The maximum Gasteiger partial charge on any atom is 0.342 e. The largest absolute Gasteiger partial charge is 0.467 e. The highest BCUT2D eigenvalue weighted by molar-refractivity contribution is 6.30. The minimum absolute atomic E-state index is 0.0514. The number of hydrogen-bond acceptors (Lipinski definition) is 7. The van der Waals surface area contributed by atoms with Crippen LogP contribution in [0.4, 0.5) is 15.9 Å². The fraction of sp³-hybridized carbons (Fsp3) is 0.0741. The van der Waals surface area contributed by atoms with Gasteiger partial charge in [0.25, 0.3) is 5.91 Å². The van der Waals surface area contributed by atoms with Crippen LogP contribution < -0.4 is 10.7 Å². The smallest absolute Gasteiger partial charge is 0.342 e. The SMILES string of the molecule is O=C(OCC(=O)N1NC(c2ccc(Cl)cc2)=C[C@@H]1c1ccco1)c1cccnc1Nc1ccccc1F. The van der Waals surface area contributed by atoms with Gasteiger partial charge in [-0.25, -0.2) is 19.2 Å². The Balaban J connectivity index is 1.30. The van der Waals surface area contributed by atoms with Gasteiger partial charge in [-0.2, -0.15) is 0 Å². The number of nitrogens with one attached hydrogen (secondary N) is 2. The number of anilines is 2. The Labute approximate surface area is 216 Å². The fourth-order valence-corrected chi connectivity index (χ4v) is 3.91. The summed E-state index contributed by atoms with van der Waals surface area (Å²) in [7, 11) is 0. The molecule has 2 aromatic carbocycles. The van der Waals surface area contributed by atoms with E-state index in [0.29, 0.717) is 16.5 Å². The second-order valence-corrected chi connectivity index (χ2v) is 8.44. The summed E-state index contributed by atoms with van der Waals surface area (Å²) in [6, 6.07) is 19.0. The highest BCUT2D eigenvalue weighted by Gasteiger charge is 2.33. The number of amides is 1. The molecule has 1 amide bonds. The second kappa shape index (κ2) is 10.5. The minimum atomic E-state index is -0.792. The van der Waals surface area contributed by atoms with E-state index in [2.05, 4.69) is 15.7 Å². The second-order valence-electron chi connectivity index (χ2n) is 8.00. The third-order valence-electron chi connectivity index (χ3n) is 5.58. The van der Waals surface area contributed by atoms with E-state index in [-0.39, 0.29) is 17.1 Å². The number of para-hydroxylation sites is 1. The average Bonchev–Trinajstić information content (AvgIpc) is 3.60. The van der Waals surface area contributed by atoms with Gasteiger partial charge in [0.2, 0.25) is 0 Å². The lowest BCUT2D eigenvalue weighted by Crippen LogP contribution is -2.42. The number of pyridine rings is 1. The van der Waals surface area contributed by atoms with Crippen LogP contribution in [0.15, 0.2) is 95.7 Å². The Morgan fingerprint density at radius 2 is 1.89 bits per heavy atom. The molecule has 2 N–H and O–H groups in total. The van der Waals surface area contributed by atoms with Gasteiger partial charge in [-0.3, -0.25) is 10.2 Å². The normalized spacial score (nSPS) is 14.6. The number of hydrogen-bond donors (Lipinski definition) is 2. The first-order valence-electron chi connectivity index (χ1n) is 11.2. The molecule has 0 radical (unpaired) electrons. The predicted molar refractivity (Wildman–Crippen MR) is 135 cm³/mol. The molecule has 4 aromatic rings. The number of carbonyl (C=O) groups is 2. The molecule has 0 aliphatic carbocycles. The Morgan fingerprint density at radius 3 is 2.65 bits per heavy atom. The van der Waals surface area contributed by atoms with Crippen molar-refractivity contribution in [3.8, 4) is 0 Å². The van der Waals surface area contributed by atoms with Crippen LogP contribution in [-0.2, 0) is 9.53 Å². The van der Waals surface area contributed by atoms with Crippen molar-refractivity contribution >= 4 is 40.7 Å². The van der Waals surface area contributed by atoms with E-state index in [1.54, 1.807) is 42.5 Å². The van der Waals surface area contributed by atoms with Gasteiger partial charge in [0.05, 0.1) is 17.6 Å². The quantitative estimate of drug-likeness (QED) is 0.312. The molecule has 0 bridgehead atoms. The lowest BCUT2D eigenvalue weighted by Gasteiger charge is -2.24. The zero-order chi connectivity index (χ0) is 25.8. The third kappa shape index (κ3) is 5.31. The first kappa shape index (κ1) is 24.1. The number of rotatable bonds is 7. The number of halogens is 2. The van der Waals surface area contributed by atoms with Crippen LogP contribution in [0, 0.1) is 5.82 Å². The number of esters is 1. The standard InChI is InChI=1S/C27H20ClFN4O4/c28-18-11-9-17(10-12-18)22-15-23(24-8-4-14-36-24)33(32-22)25(34)16-37-27(35)19-5-3-13-30-26(19)31-21-7-2-1-6-20(21)29/h1-15,23,32H,16H2,(H,30,31)/t23-/m1/s1. The lowest BCUT2D eigenvalue weighted by atomic mass is 10.1. The van der Waals surface area contributed by atoms with Crippen LogP contribution in [0.1, 0.15) is 27.7 Å². The van der Waals surface area contributed by atoms with Crippen LogP contribution in [0.2, 0.25) is 5.02 Å². The Kier molecular flexibility index (Phi) is 6.87. The molecule has 1 aliphatic rings. The fourth-order valence-electron chi connectivity index (χ4n) is 3.78. The highest BCUT2D eigenvalue weighted by atomic mass is 35.5.